The minimum atomic E-state index is -0.733. The quantitative estimate of drug-likeness (QED) is 0.466. The van der Waals surface area contributed by atoms with E-state index in [0.717, 1.165) is 19.3 Å². The maximum atomic E-state index is 10.6. The molecule has 12 heavy (non-hydrogen) atoms. The van der Waals surface area contributed by atoms with Crippen molar-refractivity contribution in [1.29, 1.82) is 0 Å². The Morgan fingerprint density at radius 1 is 1.67 bits per heavy atom. The van der Waals surface area contributed by atoms with Gasteiger partial charge in [-0.05, 0) is 25.8 Å². The number of carboxylic acids is 1. The Bertz CT molecular complexity index is 213. The molecule has 0 radical (unpaired) electrons. The molecule has 0 aromatic rings. The summed E-state index contributed by atoms with van der Waals surface area (Å²) in [5.74, 6) is 1.78. The fourth-order valence-electron chi connectivity index (χ4n) is 1.11. The summed E-state index contributed by atoms with van der Waals surface area (Å²) < 4.78 is 0. The zero-order valence-corrected chi connectivity index (χ0v) is 6.97. The summed E-state index contributed by atoms with van der Waals surface area (Å²) in [7, 11) is 0. The van der Waals surface area contributed by atoms with E-state index in [0.29, 0.717) is 13.0 Å². The molecule has 66 valence electrons. The molecule has 1 aliphatic carbocycles. The van der Waals surface area contributed by atoms with Gasteiger partial charge in [-0.25, -0.2) is 0 Å². The van der Waals surface area contributed by atoms with Gasteiger partial charge in [-0.3, -0.25) is 4.79 Å². The summed E-state index contributed by atoms with van der Waals surface area (Å²) in [5.41, 5.74) is -0.603. The highest BCUT2D eigenvalue weighted by Gasteiger charge is 2.49. The number of carboxylic acid groups (broad SMARTS) is 1. The van der Waals surface area contributed by atoms with Crippen molar-refractivity contribution in [3.8, 4) is 12.3 Å². The summed E-state index contributed by atoms with van der Waals surface area (Å²) >= 11 is 0. The molecule has 0 atom stereocenters. The smallest absolute Gasteiger partial charge is 0.323 e. The average Bonchev–Trinajstić information content (AvgIpc) is 2.79. The van der Waals surface area contributed by atoms with Crippen LogP contribution in [0.25, 0.3) is 0 Å². The molecule has 1 saturated carbocycles. The predicted molar refractivity (Wildman–Crippen MR) is 45.7 cm³/mol. The number of unbranched alkanes of at least 4 members (excludes halogenated alkanes) is 1. The number of hydrogen-bond donors (Lipinski definition) is 2. The van der Waals surface area contributed by atoms with Gasteiger partial charge in [0.25, 0.3) is 0 Å². The zero-order chi connectivity index (χ0) is 9.03. The van der Waals surface area contributed by atoms with Gasteiger partial charge in [0.1, 0.15) is 5.54 Å². The van der Waals surface area contributed by atoms with Crippen LogP contribution in [0.4, 0.5) is 0 Å². The van der Waals surface area contributed by atoms with Crippen LogP contribution in [0, 0.1) is 12.3 Å². The molecule has 1 fully saturated rings. The third kappa shape index (κ3) is 1.99. The van der Waals surface area contributed by atoms with Crippen molar-refractivity contribution in [1.82, 2.24) is 5.32 Å². The summed E-state index contributed by atoms with van der Waals surface area (Å²) in [6, 6.07) is 0. The third-order valence-corrected chi connectivity index (χ3v) is 2.12. The van der Waals surface area contributed by atoms with Gasteiger partial charge in [-0.2, -0.15) is 0 Å². The van der Waals surface area contributed by atoms with E-state index in [2.05, 4.69) is 11.2 Å². The summed E-state index contributed by atoms with van der Waals surface area (Å²) in [5, 5.41) is 11.8. The third-order valence-electron chi connectivity index (χ3n) is 2.12. The molecule has 0 aliphatic heterocycles. The van der Waals surface area contributed by atoms with Crippen LogP contribution in [0.5, 0.6) is 0 Å². The molecule has 1 aliphatic rings. The lowest BCUT2D eigenvalue weighted by Crippen LogP contribution is -2.39. The van der Waals surface area contributed by atoms with Crippen LogP contribution in [-0.2, 0) is 4.79 Å². The van der Waals surface area contributed by atoms with Crippen molar-refractivity contribution >= 4 is 5.97 Å². The number of nitrogens with one attached hydrogen (secondary N) is 1. The molecular weight excluding hydrogens is 154 g/mol. The molecule has 0 saturated heterocycles. The van der Waals surface area contributed by atoms with Crippen molar-refractivity contribution < 1.29 is 9.90 Å². The van der Waals surface area contributed by atoms with Gasteiger partial charge in [0.15, 0.2) is 0 Å². The first-order valence-corrected chi connectivity index (χ1v) is 4.13. The molecule has 0 heterocycles. The second kappa shape index (κ2) is 3.59. The Labute approximate surface area is 72.2 Å². The highest BCUT2D eigenvalue weighted by molar-refractivity contribution is 5.82. The summed E-state index contributed by atoms with van der Waals surface area (Å²) in [6.45, 7) is 0.705. The first-order valence-electron chi connectivity index (χ1n) is 4.13. The Hall–Kier alpha value is -1.01. The van der Waals surface area contributed by atoms with E-state index in [1.807, 2.05) is 0 Å². The van der Waals surface area contributed by atoms with Crippen molar-refractivity contribution in [3.05, 3.63) is 0 Å². The molecule has 0 amide bonds. The van der Waals surface area contributed by atoms with Gasteiger partial charge < -0.3 is 10.4 Å². The second-order valence-corrected chi connectivity index (χ2v) is 3.12. The molecule has 0 aromatic carbocycles. The number of aliphatic carboxylic acids is 1. The van der Waals surface area contributed by atoms with Crippen molar-refractivity contribution in [2.75, 3.05) is 6.54 Å². The largest absolute Gasteiger partial charge is 0.480 e. The topological polar surface area (TPSA) is 49.3 Å². The first kappa shape index (κ1) is 9.08. The van der Waals surface area contributed by atoms with E-state index in [1.165, 1.54) is 0 Å². The minimum absolute atomic E-state index is 0.603. The number of carbonyl (C=O) groups is 1. The van der Waals surface area contributed by atoms with E-state index in [1.54, 1.807) is 0 Å². The normalized spacial score (nSPS) is 18.2. The van der Waals surface area contributed by atoms with Crippen molar-refractivity contribution in [2.45, 2.75) is 31.2 Å². The molecule has 2 N–H and O–H groups in total. The van der Waals surface area contributed by atoms with Crippen LogP contribution in [0.3, 0.4) is 0 Å². The van der Waals surface area contributed by atoms with E-state index < -0.39 is 11.5 Å². The Kier molecular flexibility index (Phi) is 2.72. The average molecular weight is 167 g/mol. The van der Waals surface area contributed by atoms with E-state index >= 15 is 0 Å². The minimum Gasteiger partial charge on any atom is -0.480 e. The van der Waals surface area contributed by atoms with Crippen LogP contribution in [0.2, 0.25) is 0 Å². The lowest BCUT2D eigenvalue weighted by atomic mass is 10.2. The molecule has 3 nitrogen and oxygen atoms in total. The Morgan fingerprint density at radius 2 is 2.33 bits per heavy atom. The highest BCUT2D eigenvalue weighted by Crippen LogP contribution is 2.35. The lowest BCUT2D eigenvalue weighted by molar-refractivity contribution is -0.140. The molecule has 0 bridgehead atoms. The van der Waals surface area contributed by atoms with E-state index in [4.69, 9.17) is 11.5 Å². The molecular formula is C9H13NO2. The van der Waals surface area contributed by atoms with Gasteiger partial charge in [0.05, 0.1) is 0 Å². The number of rotatable bonds is 5. The summed E-state index contributed by atoms with van der Waals surface area (Å²) in [4.78, 5) is 10.6. The molecule has 0 spiro atoms. The molecule has 0 unspecified atom stereocenters. The Morgan fingerprint density at radius 3 is 2.75 bits per heavy atom. The van der Waals surface area contributed by atoms with Crippen LogP contribution >= 0.6 is 0 Å². The maximum Gasteiger partial charge on any atom is 0.323 e. The monoisotopic (exact) mass is 167 g/mol. The second-order valence-electron chi connectivity index (χ2n) is 3.12. The van der Waals surface area contributed by atoms with E-state index in [9.17, 15) is 4.79 Å². The fourth-order valence-corrected chi connectivity index (χ4v) is 1.11. The standard InChI is InChI=1S/C9H13NO2/c1-2-3-4-7-10-9(5-6-9)8(11)12/h1,10H,3-7H2,(H,11,12). The lowest BCUT2D eigenvalue weighted by Gasteiger charge is -2.10. The van der Waals surface area contributed by atoms with Crippen LogP contribution in [0.15, 0.2) is 0 Å². The van der Waals surface area contributed by atoms with Crippen LogP contribution < -0.4 is 5.32 Å². The van der Waals surface area contributed by atoms with Gasteiger partial charge in [0, 0.05) is 6.42 Å². The van der Waals surface area contributed by atoms with Gasteiger partial charge in [-0.1, -0.05) is 0 Å². The van der Waals surface area contributed by atoms with Crippen LogP contribution in [0.1, 0.15) is 25.7 Å². The van der Waals surface area contributed by atoms with Gasteiger partial charge in [0.2, 0.25) is 0 Å². The number of hydrogen-bond acceptors (Lipinski definition) is 2. The highest BCUT2D eigenvalue weighted by atomic mass is 16.4. The molecule has 1 rings (SSSR count). The number of terminal acetylenes is 1. The van der Waals surface area contributed by atoms with Crippen molar-refractivity contribution in [3.63, 3.8) is 0 Å². The van der Waals surface area contributed by atoms with Crippen LogP contribution in [-0.4, -0.2) is 23.2 Å². The Balaban J connectivity index is 2.15. The van der Waals surface area contributed by atoms with Gasteiger partial charge >= 0.3 is 5.97 Å². The fraction of sp³-hybridized carbons (Fsp3) is 0.667. The maximum absolute atomic E-state index is 10.6. The zero-order valence-electron chi connectivity index (χ0n) is 6.97. The molecule has 0 aromatic heterocycles. The predicted octanol–water partition coefficient (Wildman–Crippen LogP) is 0.607. The molecule has 3 heteroatoms. The first-order chi connectivity index (χ1) is 5.71. The van der Waals surface area contributed by atoms with Gasteiger partial charge in [-0.15, -0.1) is 12.3 Å². The summed E-state index contributed by atoms with van der Waals surface area (Å²) in [6.07, 6.45) is 8.12. The van der Waals surface area contributed by atoms with E-state index in [-0.39, 0.29) is 0 Å². The van der Waals surface area contributed by atoms with Crippen molar-refractivity contribution in [2.24, 2.45) is 0 Å². The SMILES string of the molecule is C#CCCCNC1(C(=O)O)CC1.